The first-order valence-corrected chi connectivity index (χ1v) is 11.5. The van der Waals surface area contributed by atoms with Gasteiger partial charge in [0.1, 0.15) is 24.2 Å². The number of rotatable bonds is 14. The Morgan fingerprint density at radius 1 is 1.00 bits per heavy atom. The number of H-pyrrole nitrogens is 1. The third-order valence-corrected chi connectivity index (χ3v) is 5.48. The number of primary amides is 2. The average Bonchev–Trinajstić information content (AvgIpc) is 3.28. The van der Waals surface area contributed by atoms with Crippen LogP contribution in [0.2, 0.25) is 0 Å². The molecule has 1 rings (SSSR count). The van der Waals surface area contributed by atoms with Crippen LogP contribution in [0, 0.1) is 5.92 Å². The van der Waals surface area contributed by atoms with Crippen LogP contribution in [0.15, 0.2) is 12.5 Å². The van der Waals surface area contributed by atoms with E-state index in [1.165, 1.54) is 19.4 Å². The second-order valence-corrected chi connectivity index (χ2v) is 9.05. The van der Waals surface area contributed by atoms with Crippen LogP contribution in [0.1, 0.15) is 46.2 Å². The number of halogens is 1. The molecule has 4 atom stereocenters. The minimum atomic E-state index is -1.44. The molecule has 0 aliphatic heterocycles. The van der Waals surface area contributed by atoms with Crippen molar-refractivity contribution in [3.8, 4) is 0 Å². The molecule has 6 amide bonds. The van der Waals surface area contributed by atoms with E-state index in [1.807, 2.05) is 13.8 Å². The van der Waals surface area contributed by atoms with Crippen molar-refractivity contribution in [1.82, 2.24) is 30.3 Å². The van der Waals surface area contributed by atoms with Gasteiger partial charge in [0.15, 0.2) is 0 Å². The Kier molecular flexibility index (Phi) is 11.8. The van der Waals surface area contributed by atoms with Gasteiger partial charge in [0.05, 0.1) is 12.7 Å². The third-order valence-electron chi connectivity index (χ3n) is 5.00. The van der Waals surface area contributed by atoms with E-state index in [2.05, 4.69) is 25.9 Å². The molecule has 36 heavy (non-hydrogen) atoms. The highest BCUT2D eigenvalue weighted by molar-refractivity contribution is 6.23. The first-order chi connectivity index (χ1) is 16.7. The van der Waals surface area contributed by atoms with Gasteiger partial charge in [-0.3, -0.25) is 28.8 Å². The van der Waals surface area contributed by atoms with Gasteiger partial charge in [0, 0.05) is 37.0 Å². The van der Waals surface area contributed by atoms with E-state index in [1.54, 1.807) is 0 Å². The lowest BCUT2D eigenvalue weighted by Crippen LogP contribution is -2.57. The van der Waals surface area contributed by atoms with Gasteiger partial charge in [-0.15, -0.1) is 0 Å². The van der Waals surface area contributed by atoms with Crippen molar-refractivity contribution >= 4 is 47.2 Å². The molecular formula is C21H33ClN8O6. The molecule has 0 fully saturated rings. The number of aromatic amines is 1. The van der Waals surface area contributed by atoms with Crippen LogP contribution < -0.4 is 27.4 Å². The normalized spacial score (nSPS) is 14.2. The topological polar surface area (TPSA) is 222 Å². The molecule has 200 valence electrons. The number of hydrogen-bond acceptors (Lipinski definition) is 7. The molecule has 0 aliphatic rings. The van der Waals surface area contributed by atoms with Crippen molar-refractivity contribution in [2.75, 3.05) is 0 Å². The summed E-state index contributed by atoms with van der Waals surface area (Å²) in [5, 5.41) is 7.43. The highest BCUT2D eigenvalue weighted by atomic mass is 35.5. The number of nitrogens with two attached hydrogens (primary N) is 2. The SMILES string of the molecule is CC(=O)N(Cl)[C@@H](CC(N)=O)C(=O)N[C@@H](C)C(=O)N[C@@H](CC(C)C)C(=O)N[C@@H](Cc1cnc[nH]1)C(N)=O. The first kappa shape index (κ1) is 30.4. The monoisotopic (exact) mass is 528 g/mol. The van der Waals surface area contributed by atoms with Crippen LogP contribution in [0.4, 0.5) is 0 Å². The van der Waals surface area contributed by atoms with Gasteiger partial charge in [-0.25, -0.2) is 9.40 Å². The molecule has 0 aromatic carbocycles. The molecule has 0 saturated carbocycles. The van der Waals surface area contributed by atoms with E-state index < -0.39 is 66.0 Å². The number of imidazole rings is 1. The van der Waals surface area contributed by atoms with E-state index in [4.69, 9.17) is 23.2 Å². The van der Waals surface area contributed by atoms with E-state index in [-0.39, 0.29) is 18.8 Å². The Balaban J connectivity index is 2.91. The Labute approximate surface area is 213 Å². The number of carbonyl (C=O) groups is 6. The molecule has 8 N–H and O–H groups in total. The average molecular weight is 529 g/mol. The predicted molar refractivity (Wildman–Crippen MR) is 128 cm³/mol. The van der Waals surface area contributed by atoms with Crippen LogP contribution in [-0.4, -0.2) is 74.0 Å². The number of nitrogens with one attached hydrogen (secondary N) is 4. The van der Waals surface area contributed by atoms with Crippen molar-refractivity contribution in [2.24, 2.45) is 17.4 Å². The maximum Gasteiger partial charge on any atom is 0.245 e. The van der Waals surface area contributed by atoms with Gasteiger partial charge in [-0.1, -0.05) is 13.8 Å². The molecular weight excluding hydrogens is 496 g/mol. The summed E-state index contributed by atoms with van der Waals surface area (Å²) in [4.78, 5) is 79.7. The van der Waals surface area contributed by atoms with Gasteiger partial charge >= 0.3 is 0 Å². The van der Waals surface area contributed by atoms with E-state index in [0.717, 1.165) is 6.92 Å². The number of hydrogen-bond donors (Lipinski definition) is 6. The quantitative estimate of drug-likeness (QED) is 0.152. The van der Waals surface area contributed by atoms with Gasteiger partial charge < -0.3 is 32.4 Å². The summed E-state index contributed by atoms with van der Waals surface area (Å²) in [6.07, 6.45) is 2.63. The van der Waals surface area contributed by atoms with Crippen LogP contribution in [0.25, 0.3) is 0 Å². The van der Waals surface area contributed by atoms with E-state index in [9.17, 15) is 28.8 Å². The Bertz CT molecular complexity index is 954. The highest BCUT2D eigenvalue weighted by Crippen LogP contribution is 2.10. The zero-order chi connectivity index (χ0) is 27.6. The third kappa shape index (κ3) is 9.90. The number of amides is 6. The standard InChI is InChI=1S/C21H33ClN8O6/c1-10(2)5-15(20(35)28-14(18(24)33)6-13-8-25-9-26-13)29-19(34)11(3)27-21(36)16(7-17(23)32)30(22)12(4)31/h8-11,14-16H,5-7H2,1-4H3,(H2,23,32)(H2,24,33)(H,25,26)(H,27,36)(H,28,35)(H,29,34)/t11-,14-,15-,16-/m0/s1. The number of nitrogens with zero attached hydrogens (tertiary/aromatic N) is 2. The summed E-state index contributed by atoms with van der Waals surface area (Å²) in [5.41, 5.74) is 11.1. The Morgan fingerprint density at radius 3 is 2.08 bits per heavy atom. The molecule has 0 spiro atoms. The fraction of sp³-hybridized carbons (Fsp3) is 0.571. The second-order valence-electron chi connectivity index (χ2n) is 8.68. The van der Waals surface area contributed by atoms with Gasteiger partial charge in [-0.2, -0.15) is 0 Å². The van der Waals surface area contributed by atoms with Gasteiger partial charge in [-0.05, 0) is 19.3 Å². The maximum absolute atomic E-state index is 12.9. The molecule has 14 nitrogen and oxygen atoms in total. The first-order valence-electron chi connectivity index (χ1n) is 11.1. The highest BCUT2D eigenvalue weighted by Gasteiger charge is 2.32. The molecule has 1 aromatic heterocycles. The fourth-order valence-corrected chi connectivity index (χ4v) is 3.33. The molecule has 0 aliphatic carbocycles. The molecule has 15 heteroatoms. The fourth-order valence-electron chi connectivity index (χ4n) is 3.17. The van der Waals surface area contributed by atoms with Gasteiger partial charge in [0.25, 0.3) is 0 Å². The minimum Gasteiger partial charge on any atom is -0.370 e. The maximum atomic E-state index is 12.9. The molecule has 1 aromatic rings. The van der Waals surface area contributed by atoms with E-state index >= 15 is 0 Å². The molecule has 1 heterocycles. The molecule has 0 saturated heterocycles. The van der Waals surface area contributed by atoms with Crippen molar-refractivity contribution < 1.29 is 28.8 Å². The summed E-state index contributed by atoms with van der Waals surface area (Å²) in [7, 11) is 0. The van der Waals surface area contributed by atoms with Crippen LogP contribution in [0.3, 0.4) is 0 Å². The molecule has 0 bridgehead atoms. The number of aromatic nitrogens is 2. The van der Waals surface area contributed by atoms with E-state index in [0.29, 0.717) is 10.1 Å². The zero-order valence-corrected chi connectivity index (χ0v) is 21.3. The second kappa shape index (κ2) is 14.0. The predicted octanol–water partition coefficient (Wildman–Crippen LogP) is -1.80. The summed E-state index contributed by atoms with van der Waals surface area (Å²) in [6, 6.07) is -4.73. The molecule has 0 unspecified atom stereocenters. The largest absolute Gasteiger partial charge is 0.370 e. The van der Waals surface area contributed by atoms with Crippen molar-refractivity contribution in [2.45, 2.75) is 71.1 Å². The number of carbonyl (C=O) groups excluding carboxylic acids is 6. The lowest BCUT2D eigenvalue weighted by Gasteiger charge is -2.26. The summed E-state index contributed by atoms with van der Waals surface area (Å²) in [5.74, 6) is -4.64. The lowest BCUT2D eigenvalue weighted by molar-refractivity contribution is -0.137. The van der Waals surface area contributed by atoms with Crippen LogP contribution in [0.5, 0.6) is 0 Å². The Morgan fingerprint density at radius 2 is 1.61 bits per heavy atom. The van der Waals surface area contributed by atoms with Gasteiger partial charge in [0.2, 0.25) is 35.4 Å². The van der Waals surface area contributed by atoms with Crippen molar-refractivity contribution in [3.63, 3.8) is 0 Å². The summed E-state index contributed by atoms with van der Waals surface area (Å²) in [6.45, 7) is 6.10. The lowest BCUT2D eigenvalue weighted by atomic mass is 10.0. The van der Waals surface area contributed by atoms with Crippen LogP contribution >= 0.6 is 11.8 Å². The minimum absolute atomic E-state index is 0.0223. The summed E-state index contributed by atoms with van der Waals surface area (Å²) >= 11 is 5.81. The van der Waals surface area contributed by atoms with Crippen molar-refractivity contribution in [1.29, 1.82) is 0 Å². The van der Waals surface area contributed by atoms with Crippen LogP contribution in [-0.2, 0) is 35.2 Å². The Hall–Kier alpha value is -3.68. The zero-order valence-electron chi connectivity index (χ0n) is 20.5. The smallest absolute Gasteiger partial charge is 0.245 e. The van der Waals surface area contributed by atoms with Crippen molar-refractivity contribution in [3.05, 3.63) is 18.2 Å². The summed E-state index contributed by atoms with van der Waals surface area (Å²) < 4.78 is 0.517. The molecule has 0 radical (unpaired) electrons.